The number of nitrogens with zero attached hydrogens (tertiary/aromatic N) is 4. The molecule has 4 rings (SSSR count). The lowest BCUT2D eigenvalue weighted by molar-refractivity contribution is -0.135. The number of rotatable bonds is 4. The maximum atomic E-state index is 13.0. The van der Waals surface area contributed by atoms with Gasteiger partial charge in [0.05, 0.1) is 18.8 Å². The van der Waals surface area contributed by atoms with Gasteiger partial charge in [-0.25, -0.2) is 0 Å². The zero-order chi connectivity index (χ0) is 20.4. The number of halogens is 1. The summed E-state index contributed by atoms with van der Waals surface area (Å²) in [6.07, 6.45) is 1.90. The third-order valence-corrected chi connectivity index (χ3v) is 5.89. The first-order chi connectivity index (χ1) is 14.0. The van der Waals surface area contributed by atoms with Gasteiger partial charge in [0.2, 0.25) is 5.91 Å². The molecule has 2 aliphatic heterocycles. The molecule has 2 fully saturated rings. The molecule has 1 atom stereocenters. The molecule has 2 saturated heterocycles. The SMILES string of the molecule is Cc1cc(C)n(Cc2ccc(C(=O)N3CCCC(N4CCNCC4=O)C3)cc2)n1.Cl. The third-order valence-electron chi connectivity index (χ3n) is 5.89. The van der Waals surface area contributed by atoms with E-state index in [2.05, 4.69) is 16.5 Å². The van der Waals surface area contributed by atoms with Gasteiger partial charge in [-0.3, -0.25) is 14.3 Å². The first kappa shape index (κ1) is 22.3. The second kappa shape index (κ2) is 9.62. The van der Waals surface area contributed by atoms with Crippen molar-refractivity contribution in [2.24, 2.45) is 0 Å². The minimum absolute atomic E-state index is 0. The monoisotopic (exact) mass is 431 g/mol. The lowest BCUT2D eigenvalue weighted by atomic mass is 10.0. The summed E-state index contributed by atoms with van der Waals surface area (Å²) in [6.45, 7) is 8.08. The van der Waals surface area contributed by atoms with E-state index in [4.69, 9.17) is 0 Å². The van der Waals surface area contributed by atoms with Crippen LogP contribution in [0.1, 0.15) is 40.2 Å². The number of benzene rings is 1. The number of carbonyl (C=O) groups excluding carboxylic acids is 2. The van der Waals surface area contributed by atoms with Crippen LogP contribution in [-0.4, -0.2) is 70.2 Å². The van der Waals surface area contributed by atoms with Crippen LogP contribution < -0.4 is 5.32 Å². The standard InChI is InChI=1S/C22H29N5O2.ClH/c1-16-12-17(2)27(24-16)14-18-5-7-19(8-6-18)22(29)25-10-3-4-20(15-25)26-11-9-23-13-21(26)28;/h5-8,12,20,23H,3-4,9-11,13-15H2,1-2H3;1H. The van der Waals surface area contributed by atoms with Gasteiger partial charge >= 0.3 is 0 Å². The molecule has 2 aromatic rings. The molecule has 2 amide bonds. The van der Waals surface area contributed by atoms with Crippen molar-refractivity contribution in [2.45, 2.75) is 39.3 Å². The Kier molecular flexibility index (Phi) is 7.15. The Morgan fingerprint density at radius 2 is 1.97 bits per heavy atom. The van der Waals surface area contributed by atoms with Gasteiger partial charge in [0.25, 0.3) is 5.91 Å². The molecule has 0 radical (unpaired) electrons. The largest absolute Gasteiger partial charge is 0.337 e. The van der Waals surface area contributed by atoms with Gasteiger partial charge in [-0.2, -0.15) is 5.10 Å². The van der Waals surface area contributed by atoms with Gasteiger partial charge < -0.3 is 15.1 Å². The first-order valence-electron chi connectivity index (χ1n) is 10.4. The molecule has 1 unspecified atom stereocenters. The number of carbonyl (C=O) groups is 2. The topological polar surface area (TPSA) is 70.5 Å². The molecule has 3 heterocycles. The van der Waals surface area contributed by atoms with Gasteiger partial charge in [-0.15, -0.1) is 12.4 Å². The normalized spacial score (nSPS) is 19.5. The van der Waals surface area contributed by atoms with Gasteiger partial charge in [-0.05, 0) is 50.5 Å². The van der Waals surface area contributed by atoms with Crippen molar-refractivity contribution in [1.82, 2.24) is 24.9 Å². The van der Waals surface area contributed by atoms with Crippen LogP contribution >= 0.6 is 12.4 Å². The van der Waals surface area contributed by atoms with Gasteiger partial charge in [0.1, 0.15) is 0 Å². The highest BCUT2D eigenvalue weighted by molar-refractivity contribution is 5.94. The third kappa shape index (κ3) is 4.84. The molecule has 8 heteroatoms. The van der Waals surface area contributed by atoms with E-state index < -0.39 is 0 Å². The summed E-state index contributed by atoms with van der Waals surface area (Å²) in [7, 11) is 0. The van der Waals surface area contributed by atoms with Gasteiger partial charge in [0.15, 0.2) is 0 Å². The average molecular weight is 432 g/mol. The van der Waals surface area contributed by atoms with Crippen molar-refractivity contribution in [3.05, 3.63) is 52.8 Å². The smallest absolute Gasteiger partial charge is 0.253 e. The van der Waals surface area contributed by atoms with E-state index in [1.807, 2.05) is 52.6 Å². The molecule has 1 aromatic heterocycles. The quantitative estimate of drug-likeness (QED) is 0.803. The number of aromatic nitrogens is 2. The summed E-state index contributed by atoms with van der Waals surface area (Å²) in [5, 5.41) is 7.61. The van der Waals surface area contributed by atoms with Crippen molar-refractivity contribution in [3.63, 3.8) is 0 Å². The lowest BCUT2D eigenvalue weighted by Crippen LogP contribution is -2.57. The fourth-order valence-electron chi connectivity index (χ4n) is 4.34. The Morgan fingerprint density at radius 1 is 1.20 bits per heavy atom. The second-order valence-corrected chi connectivity index (χ2v) is 8.09. The summed E-state index contributed by atoms with van der Waals surface area (Å²) in [5.41, 5.74) is 3.96. The molecule has 2 aliphatic rings. The Bertz CT molecular complexity index is 895. The number of piperidine rings is 1. The highest BCUT2D eigenvalue weighted by atomic mass is 35.5. The molecule has 0 aliphatic carbocycles. The van der Waals surface area contributed by atoms with Crippen LogP contribution in [0.25, 0.3) is 0 Å². The van der Waals surface area contributed by atoms with E-state index in [-0.39, 0.29) is 30.3 Å². The van der Waals surface area contributed by atoms with Gasteiger partial charge in [-0.1, -0.05) is 12.1 Å². The fourth-order valence-corrected chi connectivity index (χ4v) is 4.34. The van der Waals surface area contributed by atoms with E-state index in [1.165, 1.54) is 0 Å². The highest BCUT2D eigenvalue weighted by Gasteiger charge is 2.31. The minimum atomic E-state index is 0. The average Bonchev–Trinajstić information content (AvgIpc) is 3.05. The Labute approximate surface area is 183 Å². The van der Waals surface area contributed by atoms with Crippen molar-refractivity contribution in [3.8, 4) is 0 Å². The summed E-state index contributed by atoms with van der Waals surface area (Å²) < 4.78 is 1.98. The van der Waals surface area contributed by atoms with Crippen molar-refractivity contribution >= 4 is 24.2 Å². The predicted octanol–water partition coefficient (Wildman–Crippen LogP) is 2.01. The van der Waals surface area contributed by atoms with Crippen LogP contribution in [0.15, 0.2) is 30.3 Å². The Hall–Kier alpha value is -2.38. The molecule has 0 saturated carbocycles. The molecule has 7 nitrogen and oxygen atoms in total. The van der Waals surface area contributed by atoms with Gasteiger partial charge in [0, 0.05) is 43.5 Å². The number of nitrogens with one attached hydrogen (secondary N) is 1. The van der Waals surface area contributed by atoms with Crippen molar-refractivity contribution < 1.29 is 9.59 Å². The van der Waals surface area contributed by atoms with Crippen molar-refractivity contribution in [1.29, 1.82) is 0 Å². The predicted molar refractivity (Wildman–Crippen MR) is 118 cm³/mol. The Balaban J connectivity index is 0.00000256. The number of hydrogen-bond donors (Lipinski definition) is 1. The molecule has 0 bridgehead atoms. The molecule has 1 N–H and O–H groups in total. The fraction of sp³-hybridized carbons (Fsp3) is 0.500. The molecule has 1 aromatic carbocycles. The van der Waals surface area contributed by atoms with E-state index >= 15 is 0 Å². The summed E-state index contributed by atoms with van der Waals surface area (Å²) in [4.78, 5) is 29.1. The lowest BCUT2D eigenvalue weighted by Gasteiger charge is -2.41. The number of likely N-dealkylation sites (tertiary alicyclic amines) is 1. The number of amides is 2. The molecule has 30 heavy (non-hydrogen) atoms. The first-order valence-corrected chi connectivity index (χ1v) is 10.4. The summed E-state index contributed by atoms with van der Waals surface area (Å²) in [6, 6.07) is 10.0. The number of aryl methyl sites for hydroxylation is 2. The molecular formula is C22H30ClN5O2. The van der Waals surface area contributed by atoms with Crippen LogP contribution in [0.2, 0.25) is 0 Å². The second-order valence-electron chi connectivity index (χ2n) is 8.09. The van der Waals surface area contributed by atoms with E-state index in [1.54, 1.807) is 0 Å². The van der Waals surface area contributed by atoms with E-state index in [0.717, 1.165) is 49.4 Å². The minimum Gasteiger partial charge on any atom is -0.337 e. The van der Waals surface area contributed by atoms with Crippen LogP contribution in [0.4, 0.5) is 0 Å². The van der Waals surface area contributed by atoms with Crippen LogP contribution in [0.3, 0.4) is 0 Å². The van der Waals surface area contributed by atoms with Crippen molar-refractivity contribution in [2.75, 3.05) is 32.7 Å². The summed E-state index contributed by atoms with van der Waals surface area (Å²) >= 11 is 0. The number of piperazine rings is 1. The Morgan fingerprint density at radius 3 is 2.63 bits per heavy atom. The molecule has 0 spiro atoms. The van der Waals surface area contributed by atoms with Crippen LogP contribution in [-0.2, 0) is 11.3 Å². The van der Waals surface area contributed by atoms with Crippen LogP contribution in [0.5, 0.6) is 0 Å². The van der Waals surface area contributed by atoms with E-state index in [0.29, 0.717) is 25.2 Å². The molecular weight excluding hydrogens is 402 g/mol. The van der Waals surface area contributed by atoms with E-state index in [9.17, 15) is 9.59 Å². The zero-order valence-corrected chi connectivity index (χ0v) is 18.5. The summed E-state index contributed by atoms with van der Waals surface area (Å²) in [5.74, 6) is 0.194. The zero-order valence-electron chi connectivity index (χ0n) is 17.6. The maximum Gasteiger partial charge on any atom is 0.253 e. The number of hydrogen-bond acceptors (Lipinski definition) is 4. The maximum absolute atomic E-state index is 13.0. The molecule has 162 valence electrons. The van der Waals surface area contributed by atoms with Crippen LogP contribution in [0, 0.1) is 13.8 Å². The highest BCUT2D eigenvalue weighted by Crippen LogP contribution is 2.19.